The smallest absolute Gasteiger partial charge is 0.0663 e. The Morgan fingerprint density at radius 3 is 2.67 bits per heavy atom. The van der Waals surface area contributed by atoms with Crippen molar-refractivity contribution in [3.8, 4) is 6.07 Å². The van der Waals surface area contributed by atoms with E-state index >= 15 is 0 Å². The summed E-state index contributed by atoms with van der Waals surface area (Å²) in [5.74, 6) is 1.65. The van der Waals surface area contributed by atoms with Crippen LogP contribution in [0, 0.1) is 36.0 Å². The third kappa shape index (κ3) is 1.31. The van der Waals surface area contributed by atoms with Crippen molar-refractivity contribution in [1.82, 2.24) is 0 Å². The summed E-state index contributed by atoms with van der Waals surface area (Å²) in [6.07, 6.45) is 0. The second-order valence-electron chi connectivity index (χ2n) is 4.73. The van der Waals surface area contributed by atoms with Crippen molar-refractivity contribution < 1.29 is 0 Å². The van der Waals surface area contributed by atoms with Crippen LogP contribution < -0.4 is 4.90 Å². The van der Waals surface area contributed by atoms with Gasteiger partial charge in [0.15, 0.2) is 0 Å². The highest BCUT2D eigenvalue weighted by Gasteiger charge is 2.56. The van der Waals surface area contributed by atoms with Gasteiger partial charge in [-0.25, -0.2) is 0 Å². The fraction of sp³-hybridized carbons (Fsp3) is 0.462. The van der Waals surface area contributed by atoms with Crippen LogP contribution in [0.2, 0.25) is 0 Å². The summed E-state index contributed by atoms with van der Waals surface area (Å²) in [5, 5.41) is 8.84. The van der Waals surface area contributed by atoms with E-state index in [1.54, 1.807) is 0 Å². The Morgan fingerprint density at radius 2 is 2.07 bits per heavy atom. The van der Waals surface area contributed by atoms with Crippen molar-refractivity contribution in [2.45, 2.75) is 6.92 Å². The maximum atomic E-state index is 8.84. The van der Waals surface area contributed by atoms with Crippen LogP contribution in [-0.4, -0.2) is 13.1 Å². The summed E-state index contributed by atoms with van der Waals surface area (Å²) in [4.78, 5) is 2.41. The van der Waals surface area contributed by atoms with E-state index in [1.807, 2.05) is 0 Å². The molecule has 1 saturated heterocycles. The Morgan fingerprint density at radius 1 is 1.33 bits per heavy atom. The summed E-state index contributed by atoms with van der Waals surface area (Å²) >= 11 is 0. The first kappa shape index (κ1) is 8.79. The van der Waals surface area contributed by atoms with Crippen molar-refractivity contribution in [2.24, 2.45) is 17.8 Å². The zero-order chi connectivity index (χ0) is 10.4. The minimum absolute atomic E-state index is 0.353. The molecule has 2 aliphatic rings. The standard InChI is InChI=1S/C13H14N2/c1-9-3-2-4-10(5-9)15-7-12-11(6-14)13(12)8-15/h2-5,11-13H,7-8H2,1H3. The average Bonchev–Trinajstić information content (AvgIpc) is 2.70. The minimum Gasteiger partial charge on any atom is -0.371 e. The van der Waals surface area contributed by atoms with Crippen molar-refractivity contribution >= 4 is 5.69 Å². The highest BCUT2D eigenvalue weighted by atomic mass is 15.2. The van der Waals surface area contributed by atoms with E-state index in [9.17, 15) is 0 Å². The second-order valence-corrected chi connectivity index (χ2v) is 4.73. The molecule has 1 aromatic carbocycles. The molecule has 2 atom stereocenters. The molecule has 0 radical (unpaired) electrons. The van der Waals surface area contributed by atoms with Gasteiger partial charge >= 0.3 is 0 Å². The summed E-state index contributed by atoms with van der Waals surface area (Å²) < 4.78 is 0. The molecule has 1 aromatic rings. The zero-order valence-electron chi connectivity index (χ0n) is 8.85. The Balaban J connectivity index is 1.75. The largest absolute Gasteiger partial charge is 0.371 e. The lowest BCUT2D eigenvalue weighted by Gasteiger charge is -2.21. The van der Waals surface area contributed by atoms with Crippen LogP contribution in [0.4, 0.5) is 5.69 Å². The van der Waals surface area contributed by atoms with Crippen LogP contribution in [0.3, 0.4) is 0 Å². The number of benzene rings is 1. The predicted octanol–water partition coefficient (Wildman–Crippen LogP) is 2.20. The number of rotatable bonds is 1. The first-order valence-electron chi connectivity index (χ1n) is 5.51. The van der Waals surface area contributed by atoms with Crippen LogP contribution in [0.15, 0.2) is 24.3 Å². The molecule has 3 rings (SSSR count). The molecule has 2 heteroatoms. The topological polar surface area (TPSA) is 27.0 Å². The van der Waals surface area contributed by atoms with Gasteiger partial charge < -0.3 is 4.90 Å². The average molecular weight is 198 g/mol. The molecule has 0 aromatic heterocycles. The lowest BCUT2D eigenvalue weighted by molar-refractivity contribution is 0.744. The van der Waals surface area contributed by atoms with E-state index in [1.165, 1.54) is 11.3 Å². The summed E-state index contributed by atoms with van der Waals surface area (Å²) in [6.45, 7) is 4.27. The summed E-state index contributed by atoms with van der Waals surface area (Å²) in [7, 11) is 0. The van der Waals surface area contributed by atoms with Crippen molar-refractivity contribution in [3.05, 3.63) is 29.8 Å². The lowest BCUT2D eigenvalue weighted by Crippen LogP contribution is -2.23. The van der Waals surface area contributed by atoms with Crippen LogP contribution in [0.1, 0.15) is 5.56 Å². The number of piperidine rings is 1. The number of nitriles is 1. The highest BCUT2D eigenvalue weighted by molar-refractivity contribution is 5.51. The monoisotopic (exact) mass is 198 g/mol. The predicted molar refractivity (Wildman–Crippen MR) is 59.5 cm³/mol. The summed E-state index contributed by atoms with van der Waals surface area (Å²) in [5.41, 5.74) is 2.63. The van der Waals surface area contributed by atoms with Gasteiger partial charge in [0.25, 0.3) is 0 Å². The maximum Gasteiger partial charge on any atom is 0.0663 e. The Labute approximate surface area is 90.1 Å². The van der Waals surface area contributed by atoms with Gasteiger partial charge in [-0.3, -0.25) is 0 Å². The van der Waals surface area contributed by atoms with Gasteiger partial charge in [-0.15, -0.1) is 0 Å². The van der Waals surface area contributed by atoms with Gasteiger partial charge in [-0.05, 0) is 36.5 Å². The number of anilines is 1. The number of fused-ring (bicyclic) bond motifs is 1. The molecule has 1 aliphatic heterocycles. The molecule has 1 heterocycles. The Bertz CT molecular complexity index is 420. The van der Waals surface area contributed by atoms with E-state index in [-0.39, 0.29) is 0 Å². The number of hydrogen-bond donors (Lipinski definition) is 0. The van der Waals surface area contributed by atoms with E-state index in [0.29, 0.717) is 17.8 Å². The molecule has 2 fully saturated rings. The molecule has 2 unspecified atom stereocenters. The van der Waals surface area contributed by atoms with E-state index in [4.69, 9.17) is 5.26 Å². The Hall–Kier alpha value is -1.49. The van der Waals surface area contributed by atoms with Crippen molar-refractivity contribution in [3.63, 3.8) is 0 Å². The Kier molecular flexibility index (Phi) is 1.76. The molecule has 0 amide bonds. The first-order valence-corrected chi connectivity index (χ1v) is 5.51. The molecule has 0 N–H and O–H groups in total. The van der Waals surface area contributed by atoms with Crippen LogP contribution >= 0.6 is 0 Å². The molecule has 76 valence electrons. The van der Waals surface area contributed by atoms with Gasteiger partial charge in [0, 0.05) is 18.8 Å². The van der Waals surface area contributed by atoms with Gasteiger partial charge in [0.05, 0.1) is 12.0 Å². The summed E-state index contributed by atoms with van der Waals surface area (Å²) in [6, 6.07) is 11.0. The number of nitrogens with zero attached hydrogens (tertiary/aromatic N) is 2. The maximum absolute atomic E-state index is 8.84. The molecular weight excluding hydrogens is 184 g/mol. The van der Waals surface area contributed by atoms with E-state index in [2.05, 4.69) is 42.2 Å². The number of hydrogen-bond acceptors (Lipinski definition) is 2. The zero-order valence-corrected chi connectivity index (χ0v) is 8.85. The van der Waals surface area contributed by atoms with E-state index in [0.717, 1.165) is 13.1 Å². The molecular formula is C13H14N2. The molecule has 0 spiro atoms. The molecule has 2 nitrogen and oxygen atoms in total. The molecule has 1 aliphatic carbocycles. The third-order valence-electron chi connectivity index (χ3n) is 3.71. The van der Waals surface area contributed by atoms with Gasteiger partial charge in [0.2, 0.25) is 0 Å². The fourth-order valence-corrected chi connectivity index (χ4v) is 2.75. The van der Waals surface area contributed by atoms with Crippen molar-refractivity contribution in [2.75, 3.05) is 18.0 Å². The molecule has 15 heavy (non-hydrogen) atoms. The lowest BCUT2D eigenvalue weighted by atomic mass is 10.2. The van der Waals surface area contributed by atoms with E-state index < -0.39 is 0 Å². The second kappa shape index (κ2) is 3.00. The SMILES string of the molecule is Cc1cccc(N2CC3C(C#N)C3C2)c1. The van der Waals surface area contributed by atoms with Crippen LogP contribution in [0.5, 0.6) is 0 Å². The fourth-order valence-electron chi connectivity index (χ4n) is 2.75. The normalized spacial score (nSPS) is 32.3. The van der Waals surface area contributed by atoms with Crippen molar-refractivity contribution in [1.29, 1.82) is 5.26 Å². The third-order valence-corrected chi connectivity index (χ3v) is 3.71. The van der Waals surface area contributed by atoms with Gasteiger partial charge in [-0.1, -0.05) is 12.1 Å². The molecule has 1 saturated carbocycles. The van der Waals surface area contributed by atoms with Gasteiger partial charge in [0.1, 0.15) is 0 Å². The minimum atomic E-state index is 0.353. The quantitative estimate of drug-likeness (QED) is 0.691. The number of aryl methyl sites for hydroxylation is 1. The van der Waals surface area contributed by atoms with Crippen LogP contribution in [0.25, 0.3) is 0 Å². The van der Waals surface area contributed by atoms with Crippen LogP contribution in [-0.2, 0) is 0 Å². The van der Waals surface area contributed by atoms with Gasteiger partial charge in [-0.2, -0.15) is 5.26 Å². The first-order chi connectivity index (χ1) is 7.29. The highest BCUT2D eigenvalue weighted by Crippen LogP contribution is 2.51. The molecule has 0 bridgehead atoms.